The number of unbranched alkanes of at least 4 members (excludes halogenated alkanes) is 1. The van der Waals surface area contributed by atoms with E-state index in [1.54, 1.807) is 0 Å². The van der Waals surface area contributed by atoms with E-state index in [4.69, 9.17) is 4.55 Å². The molecular weight excluding hydrogens is 276 g/mol. The molecule has 0 aliphatic carbocycles. The maximum absolute atomic E-state index is 10.6. The summed E-state index contributed by atoms with van der Waals surface area (Å²) in [5.41, 5.74) is 1.68. The van der Waals surface area contributed by atoms with Crippen molar-refractivity contribution in [2.24, 2.45) is 5.41 Å². The normalized spacial score (nSPS) is 14.2. The fourth-order valence-electron chi connectivity index (χ4n) is 2.20. The third kappa shape index (κ3) is 5.61. The number of rotatable bonds is 7. The SMILES string of the molecule is Cc1ccc(C(O)C(C)(C)CCCCS(=O)(=O)O)cc1. The summed E-state index contributed by atoms with van der Waals surface area (Å²) in [6.07, 6.45) is 1.16. The maximum atomic E-state index is 10.6. The van der Waals surface area contributed by atoms with Gasteiger partial charge in [-0.15, -0.1) is 0 Å². The van der Waals surface area contributed by atoms with Crippen LogP contribution in [-0.4, -0.2) is 23.8 Å². The molecule has 1 rings (SSSR count). The van der Waals surface area contributed by atoms with Gasteiger partial charge in [-0.1, -0.05) is 50.1 Å². The van der Waals surface area contributed by atoms with Gasteiger partial charge in [0.25, 0.3) is 10.1 Å². The van der Waals surface area contributed by atoms with E-state index in [0.717, 1.165) is 11.1 Å². The van der Waals surface area contributed by atoms with Crippen molar-refractivity contribution in [1.82, 2.24) is 0 Å². The number of aliphatic hydroxyl groups excluding tert-OH is 1. The molecule has 0 heterocycles. The van der Waals surface area contributed by atoms with Gasteiger partial charge in [-0.3, -0.25) is 4.55 Å². The molecule has 4 nitrogen and oxygen atoms in total. The van der Waals surface area contributed by atoms with Crippen LogP contribution in [-0.2, 0) is 10.1 Å². The Morgan fingerprint density at radius 3 is 2.20 bits per heavy atom. The zero-order chi connectivity index (χ0) is 15.4. The zero-order valence-corrected chi connectivity index (χ0v) is 13.2. The molecule has 0 bridgehead atoms. The van der Waals surface area contributed by atoms with Gasteiger partial charge in [0.05, 0.1) is 11.9 Å². The monoisotopic (exact) mass is 300 g/mol. The van der Waals surface area contributed by atoms with Gasteiger partial charge in [-0.25, -0.2) is 0 Å². The molecule has 0 saturated carbocycles. The highest BCUT2D eigenvalue weighted by atomic mass is 32.2. The minimum Gasteiger partial charge on any atom is -0.388 e. The predicted octanol–water partition coefficient (Wildman–Crippen LogP) is 3.11. The molecule has 1 aromatic carbocycles. The van der Waals surface area contributed by atoms with E-state index in [1.165, 1.54) is 0 Å². The first-order valence-corrected chi connectivity index (χ1v) is 8.42. The quantitative estimate of drug-likeness (QED) is 0.599. The van der Waals surface area contributed by atoms with Crippen molar-refractivity contribution in [3.8, 4) is 0 Å². The van der Waals surface area contributed by atoms with E-state index in [2.05, 4.69) is 0 Å². The van der Waals surface area contributed by atoms with E-state index in [0.29, 0.717) is 19.3 Å². The summed E-state index contributed by atoms with van der Waals surface area (Å²) in [6, 6.07) is 7.76. The van der Waals surface area contributed by atoms with Crippen molar-refractivity contribution in [3.05, 3.63) is 35.4 Å². The lowest BCUT2D eigenvalue weighted by Crippen LogP contribution is -2.22. The number of hydrogen-bond acceptors (Lipinski definition) is 3. The summed E-state index contributed by atoms with van der Waals surface area (Å²) in [5, 5.41) is 10.4. The molecule has 20 heavy (non-hydrogen) atoms. The van der Waals surface area contributed by atoms with Crippen LogP contribution in [0.4, 0.5) is 0 Å². The standard InChI is InChI=1S/C15H24O4S/c1-12-6-8-13(9-7-12)14(16)15(2,3)10-4-5-11-20(17,18)19/h6-9,14,16H,4-5,10-11H2,1-3H3,(H,17,18,19). The molecule has 1 unspecified atom stereocenters. The molecule has 0 amide bonds. The Hall–Kier alpha value is -0.910. The molecule has 2 N–H and O–H groups in total. The fraction of sp³-hybridized carbons (Fsp3) is 0.600. The van der Waals surface area contributed by atoms with Crippen LogP contribution in [0.5, 0.6) is 0 Å². The van der Waals surface area contributed by atoms with Crippen molar-refractivity contribution in [2.45, 2.75) is 46.1 Å². The summed E-state index contributed by atoms with van der Waals surface area (Å²) in [6.45, 7) is 5.92. The zero-order valence-electron chi connectivity index (χ0n) is 12.3. The highest BCUT2D eigenvalue weighted by molar-refractivity contribution is 7.85. The minimum atomic E-state index is -3.88. The van der Waals surface area contributed by atoms with Gasteiger partial charge < -0.3 is 5.11 Å². The fourth-order valence-corrected chi connectivity index (χ4v) is 2.77. The smallest absolute Gasteiger partial charge is 0.264 e. The largest absolute Gasteiger partial charge is 0.388 e. The lowest BCUT2D eigenvalue weighted by Gasteiger charge is -2.31. The van der Waals surface area contributed by atoms with Gasteiger partial charge >= 0.3 is 0 Å². The van der Waals surface area contributed by atoms with Crippen molar-refractivity contribution in [3.63, 3.8) is 0 Å². The van der Waals surface area contributed by atoms with Crippen LogP contribution >= 0.6 is 0 Å². The van der Waals surface area contributed by atoms with Crippen LogP contribution in [0, 0.1) is 12.3 Å². The average Bonchev–Trinajstić information content (AvgIpc) is 2.34. The summed E-state index contributed by atoms with van der Waals surface area (Å²) < 4.78 is 30.0. The molecule has 0 fully saturated rings. The Morgan fingerprint density at radius 1 is 1.15 bits per heavy atom. The van der Waals surface area contributed by atoms with Crippen molar-refractivity contribution in [1.29, 1.82) is 0 Å². The third-order valence-corrected chi connectivity index (χ3v) is 4.41. The molecule has 0 aliphatic rings. The van der Waals surface area contributed by atoms with Crippen LogP contribution in [0.3, 0.4) is 0 Å². The first-order chi connectivity index (χ1) is 9.12. The first kappa shape index (κ1) is 17.1. The summed E-state index contributed by atoms with van der Waals surface area (Å²) in [4.78, 5) is 0. The Morgan fingerprint density at radius 2 is 1.70 bits per heavy atom. The minimum absolute atomic E-state index is 0.219. The average molecular weight is 300 g/mol. The molecule has 0 saturated heterocycles. The Kier molecular flexibility index (Phi) is 5.74. The highest BCUT2D eigenvalue weighted by Crippen LogP contribution is 2.37. The Balaban J connectivity index is 2.56. The molecule has 1 aromatic rings. The van der Waals surface area contributed by atoms with Gasteiger partial charge in [0.2, 0.25) is 0 Å². The third-order valence-electron chi connectivity index (χ3n) is 3.61. The van der Waals surface area contributed by atoms with Crippen LogP contribution < -0.4 is 0 Å². The van der Waals surface area contributed by atoms with Crippen molar-refractivity contribution in [2.75, 3.05) is 5.75 Å². The first-order valence-electron chi connectivity index (χ1n) is 6.82. The van der Waals surface area contributed by atoms with E-state index >= 15 is 0 Å². The predicted molar refractivity (Wildman–Crippen MR) is 80.2 cm³/mol. The number of aliphatic hydroxyl groups is 1. The Labute approximate surface area is 121 Å². The van der Waals surface area contributed by atoms with Crippen LogP contribution in [0.15, 0.2) is 24.3 Å². The van der Waals surface area contributed by atoms with E-state index in [1.807, 2.05) is 45.0 Å². The number of hydrogen-bond donors (Lipinski definition) is 2. The van der Waals surface area contributed by atoms with Gasteiger partial charge in [0, 0.05) is 0 Å². The molecule has 0 aliphatic heterocycles. The summed E-state index contributed by atoms with van der Waals surface area (Å²) in [7, 11) is -3.88. The molecule has 114 valence electrons. The van der Waals surface area contributed by atoms with Crippen LogP contribution in [0.25, 0.3) is 0 Å². The number of aryl methyl sites for hydroxylation is 1. The Bertz CT molecular complexity index is 517. The number of benzene rings is 1. The molecular formula is C15H24O4S. The second-order valence-corrected chi connectivity index (χ2v) is 7.62. The van der Waals surface area contributed by atoms with Gasteiger partial charge in [-0.2, -0.15) is 8.42 Å². The second kappa shape index (κ2) is 6.70. The maximum Gasteiger partial charge on any atom is 0.264 e. The molecule has 0 radical (unpaired) electrons. The van der Waals surface area contributed by atoms with E-state index < -0.39 is 16.2 Å². The van der Waals surface area contributed by atoms with Crippen LogP contribution in [0.2, 0.25) is 0 Å². The van der Waals surface area contributed by atoms with Crippen molar-refractivity contribution >= 4 is 10.1 Å². The highest BCUT2D eigenvalue weighted by Gasteiger charge is 2.28. The van der Waals surface area contributed by atoms with Crippen molar-refractivity contribution < 1.29 is 18.1 Å². The van der Waals surface area contributed by atoms with Gasteiger partial charge in [0.1, 0.15) is 0 Å². The van der Waals surface area contributed by atoms with E-state index in [-0.39, 0.29) is 11.2 Å². The van der Waals surface area contributed by atoms with Gasteiger partial charge in [0.15, 0.2) is 0 Å². The lowest BCUT2D eigenvalue weighted by atomic mass is 9.78. The van der Waals surface area contributed by atoms with Gasteiger partial charge in [-0.05, 0) is 30.7 Å². The van der Waals surface area contributed by atoms with E-state index in [9.17, 15) is 13.5 Å². The molecule has 1 atom stereocenters. The molecule has 0 spiro atoms. The molecule has 0 aromatic heterocycles. The summed E-state index contributed by atoms with van der Waals surface area (Å²) >= 11 is 0. The molecule has 5 heteroatoms. The second-order valence-electron chi connectivity index (χ2n) is 6.04. The summed E-state index contributed by atoms with van der Waals surface area (Å²) in [5.74, 6) is -0.219. The topological polar surface area (TPSA) is 74.6 Å². The van der Waals surface area contributed by atoms with Crippen LogP contribution in [0.1, 0.15) is 50.3 Å². The lowest BCUT2D eigenvalue weighted by molar-refractivity contribution is 0.0414.